The topological polar surface area (TPSA) is 84.5 Å². The molecule has 8 heteroatoms. The van der Waals surface area contributed by atoms with Gasteiger partial charge in [-0.15, -0.1) is 11.3 Å². The second-order valence-electron chi connectivity index (χ2n) is 3.92. The van der Waals surface area contributed by atoms with Crippen LogP contribution in [0.2, 0.25) is 0 Å². The molecular weight excluding hydrogens is 288 g/mol. The highest BCUT2D eigenvalue weighted by atomic mass is 32.2. The van der Waals surface area contributed by atoms with Crippen LogP contribution in [0.5, 0.6) is 0 Å². The Balaban J connectivity index is 2.94. The molecule has 1 heterocycles. The number of hydrogen-bond donors (Lipinski definition) is 2. The Bertz CT molecular complexity index is 537. The molecular formula is C11H18N2O4S2. The van der Waals surface area contributed by atoms with Crippen molar-refractivity contribution in [2.24, 2.45) is 0 Å². The first-order valence-corrected chi connectivity index (χ1v) is 8.11. The van der Waals surface area contributed by atoms with Crippen molar-refractivity contribution < 1.29 is 17.9 Å². The van der Waals surface area contributed by atoms with Crippen molar-refractivity contribution in [1.29, 1.82) is 0 Å². The lowest BCUT2D eigenvalue weighted by Crippen LogP contribution is -2.28. The normalized spacial score (nSPS) is 11.5. The highest BCUT2D eigenvalue weighted by Crippen LogP contribution is 2.27. The number of ether oxygens (including phenoxy) is 1. The number of carbonyl (C=O) groups excluding carboxylic acids is 1. The molecule has 0 fully saturated rings. The van der Waals surface area contributed by atoms with Gasteiger partial charge in [0.15, 0.2) is 0 Å². The van der Waals surface area contributed by atoms with Crippen molar-refractivity contribution in [1.82, 2.24) is 10.0 Å². The second-order valence-corrected chi connectivity index (χ2v) is 6.51. The van der Waals surface area contributed by atoms with Crippen molar-refractivity contribution in [3.8, 4) is 0 Å². The van der Waals surface area contributed by atoms with Crippen LogP contribution in [0.15, 0.2) is 10.3 Å². The predicted molar refractivity (Wildman–Crippen MR) is 74.1 cm³/mol. The number of aryl methyl sites for hydroxylation is 1. The van der Waals surface area contributed by atoms with Crippen molar-refractivity contribution in [3.63, 3.8) is 0 Å². The number of methoxy groups -OCH3 is 1. The largest absolute Gasteiger partial charge is 0.465 e. The zero-order chi connectivity index (χ0) is 14.5. The van der Waals surface area contributed by atoms with Crippen LogP contribution in [0.4, 0.5) is 0 Å². The van der Waals surface area contributed by atoms with E-state index in [9.17, 15) is 13.2 Å². The maximum atomic E-state index is 12.2. The van der Waals surface area contributed by atoms with E-state index in [2.05, 4.69) is 14.8 Å². The first-order valence-electron chi connectivity index (χ1n) is 5.74. The molecule has 0 bridgehead atoms. The summed E-state index contributed by atoms with van der Waals surface area (Å²) in [6.45, 7) is 2.69. The van der Waals surface area contributed by atoms with Gasteiger partial charge in [-0.2, -0.15) is 0 Å². The van der Waals surface area contributed by atoms with Crippen LogP contribution in [-0.2, 0) is 14.8 Å². The van der Waals surface area contributed by atoms with E-state index < -0.39 is 16.0 Å². The van der Waals surface area contributed by atoms with Crippen molar-refractivity contribution >= 4 is 27.3 Å². The molecule has 0 spiro atoms. The number of carbonyl (C=O) groups is 1. The molecule has 1 aromatic rings. The van der Waals surface area contributed by atoms with E-state index in [1.807, 2.05) is 0 Å². The van der Waals surface area contributed by atoms with E-state index in [1.165, 1.54) is 7.11 Å². The van der Waals surface area contributed by atoms with E-state index in [0.29, 0.717) is 18.5 Å². The molecule has 0 radical (unpaired) electrons. The molecule has 0 saturated carbocycles. The Labute approximate surface area is 117 Å². The molecule has 0 saturated heterocycles. The summed E-state index contributed by atoms with van der Waals surface area (Å²) < 4.78 is 31.5. The lowest BCUT2D eigenvalue weighted by molar-refractivity contribution is 0.0602. The van der Waals surface area contributed by atoms with Crippen molar-refractivity contribution in [2.75, 3.05) is 27.2 Å². The smallest absolute Gasteiger partial charge is 0.349 e. The third-order valence-electron chi connectivity index (χ3n) is 2.45. The molecule has 19 heavy (non-hydrogen) atoms. The fraction of sp³-hybridized carbons (Fsp3) is 0.545. The number of esters is 1. The number of hydrogen-bond acceptors (Lipinski definition) is 6. The minimum absolute atomic E-state index is 0.0220. The Morgan fingerprint density at radius 2 is 2.11 bits per heavy atom. The van der Waals surface area contributed by atoms with Gasteiger partial charge in [-0.1, -0.05) is 0 Å². The fourth-order valence-corrected chi connectivity index (χ4v) is 4.32. The van der Waals surface area contributed by atoms with Crippen LogP contribution in [0.1, 0.15) is 21.7 Å². The van der Waals surface area contributed by atoms with Crippen molar-refractivity contribution in [2.45, 2.75) is 18.2 Å². The summed E-state index contributed by atoms with van der Waals surface area (Å²) in [5.74, 6) is -0.631. The summed E-state index contributed by atoms with van der Waals surface area (Å²) in [6.07, 6.45) is 0.673. The van der Waals surface area contributed by atoms with E-state index in [-0.39, 0.29) is 9.77 Å². The summed E-state index contributed by atoms with van der Waals surface area (Å²) in [7, 11) is -0.653. The van der Waals surface area contributed by atoms with Gasteiger partial charge in [0.2, 0.25) is 10.0 Å². The van der Waals surface area contributed by atoms with Gasteiger partial charge in [-0.3, -0.25) is 0 Å². The maximum absolute atomic E-state index is 12.2. The SMILES string of the molecule is CNCCCNS(=O)(=O)c1c(C)csc1C(=O)OC. The van der Waals surface area contributed by atoms with Crippen LogP contribution >= 0.6 is 11.3 Å². The van der Waals surface area contributed by atoms with E-state index in [0.717, 1.165) is 17.9 Å². The Kier molecular flexibility index (Phi) is 5.92. The third-order valence-corrected chi connectivity index (χ3v) is 5.31. The van der Waals surface area contributed by atoms with Crippen LogP contribution < -0.4 is 10.0 Å². The number of sulfonamides is 1. The van der Waals surface area contributed by atoms with Crippen LogP contribution in [0.3, 0.4) is 0 Å². The molecule has 6 nitrogen and oxygen atoms in total. The standard InChI is InChI=1S/C11H18N2O4S2/c1-8-7-18-9(11(14)17-3)10(8)19(15,16)13-6-4-5-12-2/h7,12-13H,4-6H2,1-3H3. The van der Waals surface area contributed by atoms with E-state index >= 15 is 0 Å². The van der Waals surface area contributed by atoms with Gasteiger partial charge in [-0.05, 0) is 37.9 Å². The minimum atomic E-state index is -3.68. The lowest BCUT2D eigenvalue weighted by atomic mass is 10.3. The maximum Gasteiger partial charge on any atom is 0.349 e. The van der Waals surface area contributed by atoms with Crippen LogP contribution in [0.25, 0.3) is 0 Å². The molecule has 1 aromatic heterocycles. The minimum Gasteiger partial charge on any atom is -0.465 e. The van der Waals surface area contributed by atoms with Gasteiger partial charge in [-0.25, -0.2) is 17.9 Å². The number of nitrogens with one attached hydrogen (secondary N) is 2. The molecule has 0 unspecified atom stereocenters. The lowest BCUT2D eigenvalue weighted by Gasteiger charge is -2.08. The summed E-state index contributed by atoms with van der Waals surface area (Å²) in [5, 5.41) is 4.57. The highest BCUT2D eigenvalue weighted by molar-refractivity contribution is 7.89. The van der Waals surface area contributed by atoms with Crippen LogP contribution in [-0.4, -0.2) is 41.6 Å². The zero-order valence-corrected chi connectivity index (χ0v) is 12.8. The first kappa shape index (κ1) is 16.1. The molecule has 0 aliphatic heterocycles. The molecule has 0 aliphatic rings. The summed E-state index contributed by atoms with van der Waals surface area (Å²) in [5.41, 5.74) is 0.548. The molecule has 2 N–H and O–H groups in total. The molecule has 0 atom stereocenters. The van der Waals surface area contributed by atoms with Gasteiger partial charge in [0.25, 0.3) is 0 Å². The second kappa shape index (κ2) is 6.99. The van der Waals surface area contributed by atoms with Gasteiger partial charge >= 0.3 is 5.97 Å². The molecule has 1 rings (SSSR count). The quantitative estimate of drug-likeness (QED) is 0.573. The molecule has 0 amide bonds. The summed E-state index contributed by atoms with van der Waals surface area (Å²) in [4.78, 5) is 11.7. The Hall–Kier alpha value is -0.960. The van der Waals surface area contributed by atoms with E-state index in [1.54, 1.807) is 19.4 Å². The van der Waals surface area contributed by atoms with E-state index in [4.69, 9.17) is 0 Å². The monoisotopic (exact) mass is 306 g/mol. The molecule has 0 aromatic carbocycles. The van der Waals surface area contributed by atoms with Gasteiger partial charge in [0.05, 0.1) is 7.11 Å². The summed E-state index contributed by atoms with van der Waals surface area (Å²) >= 11 is 1.07. The number of thiophene rings is 1. The molecule has 108 valence electrons. The Morgan fingerprint density at radius 1 is 1.42 bits per heavy atom. The summed E-state index contributed by atoms with van der Waals surface area (Å²) in [6, 6.07) is 0. The third kappa shape index (κ3) is 4.00. The first-order chi connectivity index (χ1) is 8.94. The van der Waals surface area contributed by atoms with Gasteiger partial charge in [0, 0.05) is 6.54 Å². The predicted octanol–water partition coefficient (Wildman–Crippen LogP) is 0.731. The van der Waals surface area contributed by atoms with Gasteiger partial charge in [0.1, 0.15) is 9.77 Å². The Morgan fingerprint density at radius 3 is 2.68 bits per heavy atom. The zero-order valence-electron chi connectivity index (χ0n) is 11.1. The average molecular weight is 306 g/mol. The van der Waals surface area contributed by atoms with Crippen LogP contribution in [0, 0.1) is 6.92 Å². The highest BCUT2D eigenvalue weighted by Gasteiger charge is 2.26. The number of rotatable bonds is 7. The molecule has 0 aliphatic carbocycles. The van der Waals surface area contributed by atoms with Gasteiger partial charge < -0.3 is 10.1 Å². The van der Waals surface area contributed by atoms with Crippen molar-refractivity contribution in [3.05, 3.63) is 15.8 Å². The fourth-order valence-electron chi connectivity index (χ4n) is 1.54. The average Bonchev–Trinajstić information content (AvgIpc) is 2.76.